The summed E-state index contributed by atoms with van der Waals surface area (Å²) < 4.78 is 7.57. The molecule has 0 aliphatic heterocycles. The maximum Gasteiger partial charge on any atom is 0.187 e. The third-order valence-electron chi connectivity index (χ3n) is 4.81. The molecule has 0 radical (unpaired) electrons. The highest BCUT2D eigenvalue weighted by atomic mass is 35.5. The molecule has 0 aliphatic rings. The van der Waals surface area contributed by atoms with E-state index in [4.69, 9.17) is 21.3 Å². The van der Waals surface area contributed by atoms with Gasteiger partial charge in [-0.05, 0) is 43.2 Å². The zero-order chi connectivity index (χ0) is 21.1. The summed E-state index contributed by atoms with van der Waals surface area (Å²) >= 11 is 7.69. The highest BCUT2D eigenvalue weighted by Gasteiger charge is 2.13. The van der Waals surface area contributed by atoms with Crippen LogP contribution in [0.4, 0.5) is 10.8 Å². The molecule has 2 aromatic carbocycles. The van der Waals surface area contributed by atoms with Crippen LogP contribution in [-0.2, 0) is 12.8 Å². The van der Waals surface area contributed by atoms with Gasteiger partial charge in [0.25, 0.3) is 0 Å². The van der Waals surface area contributed by atoms with Crippen molar-refractivity contribution in [1.82, 2.24) is 14.5 Å². The minimum absolute atomic E-state index is 0.754. The highest BCUT2D eigenvalue weighted by molar-refractivity contribution is 7.15. The number of ether oxygens (including phenoxy) is 1. The number of halogens is 1. The van der Waals surface area contributed by atoms with Gasteiger partial charge in [0.2, 0.25) is 0 Å². The van der Waals surface area contributed by atoms with Gasteiger partial charge >= 0.3 is 0 Å². The van der Waals surface area contributed by atoms with Crippen molar-refractivity contribution in [1.29, 1.82) is 0 Å². The molecule has 0 aliphatic carbocycles. The summed E-state index contributed by atoms with van der Waals surface area (Å²) in [4.78, 5) is 10.4. The number of rotatable bonds is 7. The monoisotopic (exact) mass is 438 g/mol. The lowest BCUT2D eigenvalue weighted by molar-refractivity contribution is 0.413. The van der Waals surface area contributed by atoms with Crippen molar-refractivity contribution in [2.24, 2.45) is 0 Å². The lowest BCUT2D eigenvalue weighted by Gasteiger charge is -2.11. The van der Waals surface area contributed by atoms with Crippen LogP contribution in [0.2, 0.25) is 5.02 Å². The van der Waals surface area contributed by atoms with E-state index < -0.39 is 0 Å². The molecule has 0 amide bonds. The molecule has 0 bridgehead atoms. The van der Waals surface area contributed by atoms with E-state index in [2.05, 4.69) is 29.4 Å². The third-order valence-corrected chi connectivity index (χ3v) is 6.08. The number of anilines is 2. The Labute approximate surface area is 185 Å². The van der Waals surface area contributed by atoms with Gasteiger partial charge in [-0.1, -0.05) is 30.7 Å². The Bertz CT molecular complexity index is 1150. The molecule has 7 heteroatoms. The van der Waals surface area contributed by atoms with E-state index in [0.717, 1.165) is 51.5 Å². The number of methoxy groups -OCH3 is 1. The summed E-state index contributed by atoms with van der Waals surface area (Å²) in [6, 6.07) is 14.0. The molecule has 0 atom stereocenters. The molecule has 0 saturated carbocycles. The number of thiazole rings is 1. The van der Waals surface area contributed by atoms with Gasteiger partial charge in [-0.2, -0.15) is 0 Å². The SMILES string of the molecule is CCc1nc(Nc2ccc(-n3cnc(C)c3)c(OC)c2)sc1Cc1ccc(Cl)cc1. The van der Waals surface area contributed by atoms with E-state index in [1.165, 1.54) is 10.4 Å². The van der Waals surface area contributed by atoms with Crippen molar-refractivity contribution in [3.05, 3.63) is 81.8 Å². The number of nitrogens with zero attached hydrogens (tertiary/aromatic N) is 3. The van der Waals surface area contributed by atoms with E-state index >= 15 is 0 Å². The van der Waals surface area contributed by atoms with Gasteiger partial charge in [0, 0.05) is 34.3 Å². The number of benzene rings is 2. The van der Waals surface area contributed by atoms with E-state index in [1.54, 1.807) is 24.8 Å². The first-order valence-electron chi connectivity index (χ1n) is 9.74. The van der Waals surface area contributed by atoms with Crippen molar-refractivity contribution in [3.63, 3.8) is 0 Å². The summed E-state index contributed by atoms with van der Waals surface area (Å²) in [6.45, 7) is 4.10. The summed E-state index contributed by atoms with van der Waals surface area (Å²) in [5.74, 6) is 0.769. The summed E-state index contributed by atoms with van der Waals surface area (Å²) in [7, 11) is 1.68. The molecule has 0 fully saturated rings. The van der Waals surface area contributed by atoms with Crippen molar-refractivity contribution in [3.8, 4) is 11.4 Å². The average molecular weight is 439 g/mol. The van der Waals surface area contributed by atoms with Crippen molar-refractivity contribution >= 4 is 33.8 Å². The van der Waals surface area contributed by atoms with E-state index in [0.29, 0.717) is 0 Å². The molecule has 4 rings (SSSR count). The van der Waals surface area contributed by atoms with Gasteiger partial charge in [-0.25, -0.2) is 9.97 Å². The molecule has 1 N–H and O–H groups in total. The maximum absolute atomic E-state index is 6.01. The number of nitrogens with one attached hydrogen (secondary N) is 1. The zero-order valence-electron chi connectivity index (χ0n) is 17.1. The standard InChI is InChI=1S/C23H23ClN4OS/c1-4-19-22(11-16-5-7-17(24)8-6-16)30-23(27-19)26-18-9-10-20(21(12-18)29-3)28-13-15(2)25-14-28/h5-10,12-14H,4,11H2,1-3H3,(H,26,27). The molecule has 0 saturated heterocycles. The Balaban J connectivity index is 1.56. The molecule has 2 heterocycles. The van der Waals surface area contributed by atoms with Gasteiger partial charge in [0.05, 0.1) is 30.5 Å². The van der Waals surface area contributed by atoms with Crippen LogP contribution in [0.15, 0.2) is 55.0 Å². The van der Waals surface area contributed by atoms with Gasteiger partial charge < -0.3 is 14.6 Å². The molecule has 154 valence electrons. The minimum Gasteiger partial charge on any atom is -0.494 e. The fraction of sp³-hybridized carbons (Fsp3) is 0.217. The summed E-state index contributed by atoms with van der Waals surface area (Å²) in [5, 5.41) is 5.07. The second-order valence-electron chi connectivity index (χ2n) is 6.98. The fourth-order valence-electron chi connectivity index (χ4n) is 3.28. The predicted octanol–water partition coefficient (Wildman–Crippen LogP) is 6.20. The minimum atomic E-state index is 0.754. The predicted molar refractivity (Wildman–Crippen MR) is 124 cm³/mol. The third kappa shape index (κ3) is 4.50. The normalized spacial score (nSPS) is 10.9. The Morgan fingerprint density at radius 2 is 1.97 bits per heavy atom. The molecule has 0 unspecified atom stereocenters. The van der Waals surface area contributed by atoms with Crippen LogP contribution in [0.3, 0.4) is 0 Å². The number of hydrogen-bond acceptors (Lipinski definition) is 5. The fourth-order valence-corrected chi connectivity index (χ4v) is 4.51. The second kappa shape index (κ2) is 8.90. The van der Waals surface area contributed by atoms with Crippen molar-refractivity contribution in [2.45, 2.75) is 26.7 Å². The van der Waals surface area contributed by atoms with Crippen LogP contribution >= 0.6 is 22.9 Å². The summed E-state index contributed by atoms with van der Waals surface area (Å²) in [5.41, 5.74) is 5.19. The Morgan fingerprint density at radius 3 is 2.63 bits per heavy atom. The summed E-state index contributed by atoms with van der Waals surface area (Å²) in [6.07, 6.45) is 5.51. The number of aromatic nitrogens is 3. The molecule has 5 nitrogen and oxygen atoms in total. The molecular weight excluding hydrogens is 416 g/mol. The molecule has 30 heavy (non-hydrogen) atoms. The smallest absolute Gasteiger partial charge is 0.187 e. The highest BCUT2D eigenvalue weighted by Crippen LogP contribution is 2.32. The van der Waals surface area contributed by atoms with Gasteiger partial charge in [-0.15, -0.1) is 11.3 Å². The van der Waals surface area contributed by atoms with Crippen LogP contribution in [0.1, 0.15) is 28.8 Å². The Kier molecular flexibility index (Phi) is 6.06. The van der Waals surface area contributed by atoms with Crippen molar-refractivity contribution < 1.29 is 4.74 Å². The molecule has 0 spiro atoms. The van der Waals surface area contributed by atoms with Crippen LogP contribution in [-0.4, -0.2) is 21.6 Å². The number of aryl methyl sites for hydroxylation is 2. The topological polar surface area (TPSA) is 52.0 Å². The Morgan fingerprint density at radius 1 is 1.17 bits per heavy atom. The van der Waals surface area contributed by atoms with E-state index in [9.17, 15) is 0 Å². The van der Waals surface area contributed by atoms with E-state index in [1.807, 2.05) is 48.0 Å². The van der Waals surface area contributed by atoms with Crippen molar-refractivity contribution in [2.75, 3.05) is 12.4 Å². The zero-order valence-corrected chi connectivity index (χ0v) is 18.7. The van der Waals surface area contributed by atoms with Crippen LogP contribution < -0.4 is 10.1 Å². The Hall–Kier alpha value is -2.83. The largest absolute Gasteiger partial charge is 0.494 e. The van der Waals surface area contributed by atoms with Crippen LogP contribution in [0.25, 0.3) is 5.69 Å². The van der Waals surface area contributed by atoms with Gasteiger partial charge in [0.1, 0.15) is 5.75 Å². The van der Waals surface area contributed by atoms with Crippen LogP contribution in [0, 0.1) is 6.92 Å². The first kappa shape index (κ1) is 20.4. The average Bonchev–Trinajstić information content (AvgIpc) is 3.35. The van der Waals surface area contributed by atoms with E-state index in [-0.39, 0.29) is 0 Å². The maximum atomic E-state index is 6.01. The lowest BCUT2D eigenvalue weighted by Crippen LogP contribution is -1.97. The number of imidazole rings is 1. The first-order chi connectivity index (χ1) is 14.6. The molecular formula is C23H23ClN4OS. The van der Waals surface area contributed by atoms with Gasteiger partial charge in [0.15, 0.2) is 5.13 Å². The quantitative estimate of drug-likeness (QED) is 0.373. The second-order valence-corrected chi connectivity index (χ2v) is 8.50. The number of hydrogen-bond donors (Lipinski definition) is 1. The molecule has 2 aromatic heterocycles. The lowest BCUT2D eigenvalue weighted by atomic mass is 10.1. The van der Waals surface area contributed by atoms with Crippen LogP contribution in [0.5, 0.6) is 5.75 Å². The molecule has 4 aromatic rings. The first-order valence-corrected chi connectivity index (χ1v) is 10.9. The van der Waals surface area contributed by atoms with Gasteiger partial charge in [-0.3, -0.25) is 0 Å².